The van der Waals surface area contributed by atoms with Gasteiger partial charge in [-0.05, 0) is 58.6 Å². The van der Waals surface area contributed by atoms with Crippen molar-refractivity contribution in [3.8, 4) is 0 Å². The van der Waals surface area contributed by atoms with Crippen LogP contribution in [0.15, 0.2) is 36.0 Å². The molecule has 1 fully saturated rings. The Morgan fingerprint density at radius 3 is 2.63 bits per heavy atom. The van der Waals surface area contributed by atoms with Crippen molar-refractivity contribution >= 4 is 17.4 Å². The number of aryl methyl sites for hydroxylation is 2. The molecule has 1 aliphatic rings. The Kier molecular flexibility index (Phi) is 6.26. The number of hydrogen-bond donors (Lipinski definition) is 1. The van der Waals surface area contributed by atoms with Crippen LogP contribution in [0.4, 0.5) is 4.39 Å². The number of Topliss-reactive ketones (excluding diaryl/α,β-unsaturated/α-hetero) is 1. The molecule has 0 unspecified atom stereocenters. The quantitative estimate of drug-likeness (QED) is 0.446. The summed E-state index contributed by atoms with van der Waals surface area (Å²) < 4.78 is 14.0. The Labute approximate surface area is 174 Å². The average molecular weight is 412 g/mol. The highest BCUT2D eigenvalue weighted by atomic mass is 19.1. The van der Waals surface area contributed by atoms with Crippen LogP contribution < -0.4 is 0 Å². The maximum Gasteiger partial charge on any atom is 0.295 e. The number of nitrogens with zero attached hydrogens (tertiary/aromatic N) is 4. The molecule has 0 saturated carbocycles. The number of hydrogen-bond acceptors (Lipinski definition) is 6. The fourth-order valence-corrected chi connectivity index (χ4v) is 3.65. The van der Waals surface area contributed by atoms with E-state index in [0.717, 1.165) is 0 Å². The van der Waals surface area contributed by atoms with Crippen LogP contribution in [0.5, 0.6) is 0 Å². The largest absolute Gasteiger partial charge is 0.507 e. The zero-order valence-electron chi connectivity index (χ0n) is 17.5. The average Bonchev–Trinajstić information content (AvgIpc) is 2.92. The van der Waals surface area contributed by atoms with E-state index in [0.29, 0.717) is 36.6 Å². The Balaban J connectivity index is 2.13. The molecule has 1 aromatic carbocycles. The van der Waals surface area contributed by atoms with Gasteiger partial charge in [0.1, 0.15) is 17.4 Å². The molecule has 0 radical (unpaired) electrons. The highest BCUT2D eigenvalue weighted by Crippen LogP contribution is 2.39. The molecule has 1 saturated heterocycles. The van der Waals surface area contributed by atoms with Crippen LogP contribution in [0.1, 0.15) is 35.1 Å². The minimum absolute atomic E-state index is 0.0778. The first-order chi connectivity index (χ1) is 14.2. The van der Waals surface area contributed by atoms with Gasteiger partial charge in [-0.2, -0.15) is 0 Å². The van der Waals surface area contributed by atoms with Crippen molar-refractivity contribution in [1.82, 2.24) is 19.8 Å². The fourth-order valence-electron chi connectivity index (χ4n) is 3.65. The van der Waals surface area contributed by atoms with Crippen molar-refractivity contribution in [2.45, 2.75) is 26.3 Å². The smallest absolute Gasteiger partial charge is 0.295 e. The molecular weight excluding hydrogens is 387 g/mol. The Hall–Kier alpha value is -3.13. The summed E-state index contributed by atoms with van der Waals surface area (Å²) >= 11 is 0. The summed E-state index contributed by atoms with van der Waals surface area (Å²) in [5.74, 6) is -1.83. The number of ketones is 1. The molecule has 1 atom stereocenters. The van der Waals surface area contributed by atoms with Gasteiger partial charge in [0.15, 0.2) is 0 Å². The predicted molar refractivity (Wildman–Crippen MR) is 110 cm³/mol. The molecule has 30 heavy (non-hydrogen) atoms. The topological polar surface area (TPSA) is 86.6 Å². The van der Waals surface area contributed by atoms with Gasteiger partial charge in [0.2, 0.25) is 0 Å². The highest BCUT2D eigenvalue weighted by molar-refractivity contribution is 6.46. The van der Waals surface area contributed by atoms with Crippen LogP contribution in [-0.4, -0.2) is 63.7 Å². The first kappa shape index (κ1) is 21.6. The zero-order valence-corrected chi connectivity index (χ0v) is 17.5. The van der Waals surface area contributed by atoms with Crippen molar-refractivity contribution in [2.24, 2.45) is 0 Å². The van der Waals surface area contributed by atoms with E-state index in [1.165, 1.54) is 29.3 Å². The van der Waals surface area contributed by atoms with Gasteiger partial charge >= 0.3 is 0 Å². The van der Waals surface area contributed by atoms with E-state index in [1.54, 1.807) is 19.9 Å². The molecule has 0 spiro atoms. The second-order valence-electron chi connectivity index (χ2n) is 7.62. The summed E-state index contributed by atoms with van der Waals surface area (Å²) in [7, 11) is 3.83. The van der Waals surface area contributed by atoms with Crippen LogP contribution in [0.2, 0.25) is 0 Å². The third kappa shape index (κ3) is 4.23. The monoisotopic (exact) mass is 412 g/mol. The molecule has 2 heterocycles. The van der Waals surface area contributed by atoms with Gasteiger partial charge < -0.3 is 14.9 Å². The normalized spacial score (nSPS) is 18.5. The number of aromatic nitrogens is 2. The van der Waals surface area contributed by atoms with Gasteiger partial charge in [-0.1, -0.05) is 12.1 Å². The molecule has 1 amide bonds. The van der Waals surface area contributed by atoms with Crippen molar-refractivity contribution < 1.29 is 19.1 Å². The summed E-state index contributed by atoms with van der Waals surface area (Å²) in [6.07, 6.45) is 2.05. The lowest BCUT2D eigenvalue weighted by Crippen LogP contribution is -2.32. The summed E-state index contributed by atoms with van der Waals surface area (Å²) in [6.45, 7) is 4.41. The first-order valence-electron chi connectivity index (χ1n) is 9.70. The molecule has 2 aromatic rings. The molecule has 8 heteroatoms. The molecule has 0 bridgehead atoms. The second-order valence-corrected chi connectivity index (χ2v) is 7.62. The number of carbonyl (C=O) groups excluding carboxylic acids is 2. The lowest BCUT2D eigenvalue weighted by Gasteiger charge is -2.26. The summed E-state index contributed by atoms with van der Waals surface area (Å²) in [5, 5.41) is 11.0. The van der Waals surface area contributed by atoms with Crippen molar-refractivity contribution in [1.29, 1.82) is 0 Å². The van der Waals surface area contributed by atoms with Gasteiger partial charge in [0.05, 0.1) is 22.9 Å². The first-order valence-corrected chi connectivity index (χ1v) is 9.70. The lowest BCUT2D eigenvalue weighted by molar-refractivity contribution is -0.139. The third-order valence-corrected chi connectivity index (χ3v) is 5.06. The number of carbonyl (C=O) groups is 2. The molecule has 3 rings (SSSR count). The van der Waals surface area contributed by atoms with Gasteiger partial charge in [0, 0.05) is 12.7 Å². The third-order valence-electron chi connectivity index (χ3n) is 5.06. The van der Waals surface area contributed by atoms with Gasteiger partial charge in [-0.25, -0.2) is 14.4 Å². The van der Waals surface area contributed by atoms with Gasteiger partial charge in [-0.15, -0.1) is 0 Å². The number of amides is 1. The molecular formula is C22H25FN4O3. The number of aliphatic hydroxyl groups excluding tert-OH is 1. The second kappa shape index (κ2) is 8.71. The fraction of sp³-hybridized carbons (Fsp3) is 0.364. The number of aliphatic hydroxyl groups is 1. The molecule has 7 nitrogen and oxygen atoms in total. The van der Waals surface area contributed by atoms with E-state index in [-0.39, 0.29) is 16.9 Å². The minimum Gasteiger partial charge on any atom is -0.507 e. The van der Waals surface area contributed by atoms with Gasteiger partial charge in [-0.3, -0.25) is 9.59 Å². The van der Waals surface area contributed by atoms with E-state index in [9.17, 15) is 19.1 Å². The maximum atomic E-state index is 14.0. The van der Waals surface area contributed by atoms with E-state index in [4.69, 9.17) is 0 Å². The number of benzene rings is 1. The van der Waals surface area contributed by atoms with E-state index in [2.05, 4.69) is 9.97 Å². The number of likely N-dealkylation sites (tertiary alicyclic amines) is 1. The van der Waals surface area contributed by atoms with Gasteiger partial charge in [0.25, 0.3) is 11.7 Å². The predicted octanol–water partition coefficient (Wildman–Crippen LogP) is 2.61. The van der Waals surface area contributed by atoms with Crippen molar-refractivity contribution in [3.05, 3.63) is 64.5 Å². The van der Waals surface area contributed by atoms with Crippen LogP contribution >= 0.6 is 0 Å². The molecule has 1 aromatic heterocycles. The number of halogens is 1. The summed E-state index contributed by atoms with van der Waals surface area (Å²) in [5.41, 5.74) is 1.10. The Morgan fingerprint density at radius 1 is 1.27 bits per heavy atom. The Bertz CT molecular complexity index is 1020. The highest BCUT2D eigenvalue weighted by Gasteiger charge is 2.46. The molecule has 1 aliphatic heterocycles. The van der Waals surface area contributed by atoms with Crippen LogP contribution in [0.25, 0.3) is 5.76 Å². The zero-order chi connectivity index (χ0) is 22.0. The summed E-state index contributed by atoms with van der Waals surface area (Å²) in [6, 6.07) is 4.85. The van der Waals surface area contributed by atoms with Crippen LogP contribution in [0, 0.1) is 19.7 Å². The van der Waals surface area contributed by atoms with Crippen LogP contribution in [0.3, 0.4) is 0 Å². The molecule has 158 valence electrons. The maximum absolute atomic E-state index is 14.0. The number of rotatable bonds is 6. The lowest BCUT2D eigenvalue weighted by atomic mass is 9.95. The van der Waals surface area contributed by atoms with Crippen LogP contribution in [-0.2, 0) is 9.59 Å². The molecule has 0 aliphatic carbocycles. The standard InChI is InChI=1S/C22H25FN4O3/c1-13-17(12-24-14(2)25-13)20(28)18-19(15-7-5-8-16(23)11-15)27(22(30)21(18)29)10-6-9-26(3)4/h5,7-8,11-12,19,28H,6,9-10H2,1-4H3/t19-/m1/s1. The van der Waals surface area contributed by atoms with E-state index in [1.807, 2.05) is 19.0 Å². The molecule has 1 N–H and O–H groups in total. The Morgan fingerprint density at radius 2 is 2.00 bits per heavy atom. The minimum atomic E-state index is -0.886. The SMILES string of the molecule is Cc1ncc(C(O)=C2C(=O)C(=O)N(CCCN(C)C)[C@@H]2c2cccc(F)c2)c(C)n1. The summed E-state index contributed by atoms with van der Waals surface area (Å²) in [4.78, 5) is 37.4. The van der Waals surface area contributed by atoms with E-state index < -0.39 is 23.5 Å². The van der Waals surface area contributed by atoms with Crippen molar-refractivity contribution in [2.75, 3.05) is 27.2 Å². The van der Waals surface area contributed by atoms with E-state index >= 15 is 0 Å². The van der Waals surface area contributed by atoms with Crippen molar-refractivity contribution in [3.63, 3.8) is 0 Å².